The number of halogens is 30. The van der Waals surface area contributed by atoms with E-state index in [1.54, 1.807) is 0 Å². The zero-order valence-electron chi connectivity index (χ0n) is 50.4. The number of hydrogen-bond donors (Lipinski definition) is 0. The van der Waals surface area contributed by atoms with Gasteiger partial charge in [0.15, 0.2) is 0 Å². The van der Waals surface area contributed by atoms with E-state index in [1.807, 2.05) is 0 Å². The molecule has 0 N–H and O–H groups in total. The van der Waals surface area contributed by atoms with E-state index in [2.05, 4.69) is 0 Å². The Hall–Kier alpha value is -10.8. The maximum Gasteiger partial charge on any atom is 0.417 e. The van der Waals surface area contributed by atoms with Crippen molar-refractivity contribution < 1.29 is 132 Å². The van der Waals surface area contributed by atoms with E-state index in [0.717, 1.165) is 77.4 Å². The first-order chi connectivity index (χ1) is 47.8. The number of rotatable bonds is 7. The minimum atomic E-state index is -5.89. The monoisotopic (exact) mass is 1490 g/mol. The number of alkyl halides is 30. The first-order valence-electron chi connectivity index (χ1n) is 29.0. The maximum absolute atomic E-state index is 15.5. The van der Waals surface area contributed by atoms with Gasteiger partial charge in [-0.2, -0.15) is 137 Å². The number of hydrogen-bond acceptors (Lipinski definition) is 1. The minimum absolute atomic E-state index is 0.0822. The molecular formula is C71H29F30N3. The summed E-state index contributed by atoms with van der Waals surface area (Å²) in [5.74, 6) is 0. The van der Waals surface area contributed by atoms with Crippen molar-refractivity contribution >= 4 is 43.6 Å². The summed E-state index contributed by atoms with van der Waals surface area (Å²) in [5, 5.41) is 9.77. The van der Waals surface area contributed by atoms with Crippen molar-refractivity contribution in [3.05, 3.63) is 237 Å². The molecule has 0 aliphatic heterocycles. The SMILES string of the molecule is N#Cc1cc(-n2c3cc(-c4cc(C(F)(F)F)cc(C(F)(F)F)c4)ccc3c3ccc(-c4cc(C(F)(F)F)cc(C(F)(F)F)c4)cc32)c(-n2c3cc(-c4cc(C(F)(F)F)cc(C(F)(F)F)c4)ccc3c3ccc(-c4cc(C(F)(F)F)cc(C(F)(F)F)c4)cc32)cc1-c1c(C(F)(F)F)cccc1C(F)(F)F. The second kappa shape index (κ2) is 24.1. The lowest BCUT2D eigenvalue weighted by Gasteiger charge is -2.23. The van der Waals surface area contributed by atoms with Crippen molar-refractivity contribution in [2.45, 2.75) is 61.8 Å². The summed E-state index contributed by atoms with van der Waals surface area (Å²) < 4.78 is 444. The Balaban J connectivity index is 1.34. The third-order valence-corrected chi connectivity index (χ3v) is 16.9. The highest BCUT2D eigenvalue weighted by Gasteiger charge is 2.45. The largest absolute Gasteiger partial charge is 0.417 e. The highest BCUT2D eigenvalue weighted by atomic mass is 19.4. The van der Waals surface area contributed by atoms with Crippen LogP contribution in [0.25, 0.3) is 111 Å². The van der Waals surface area contributed by atoms with E-state index < -0.39 is 212 Å². The molecule has 0 aliphatic rings. The van der Waals surface area contributed by atoms with Crippen molar-refractivity contribution in [2.75, 3.05) is 0 Å². The molecule has 0 atom stereocenters. The summed E-state index contributed by atoms with van der Waals surface area (Å²) in [5.41, 5.74) is -36.1. The average Bonchev–Trinajstić information content (AvgIpc) is 1.50. The lowest BCUT2D eigenvalue weighted by Crippen LogP contribution is -2.15. The van der Waals surface area contributed by atoms with Gasteiger partial charge in [-0.15, -0.1) is 0 Å². The van der Waals surface area contributed by atoms with Gasteiger partial charge in [-0.05, 0) is 166 Å². The van der Waals surface area contributed by atoms with E-state index in [-0.39, 0.29) is 113 Å². The predicted octanol–water partition coefficient (Wildman–Crippen LogP) is 26.3. The summed E-state index contributed by atoms with van der Waals surface area (Å²) in [4.78, 5) is 0. The summed E-state index contributed by atoms with van der Waals surface area (Å²) in [6, 6.07) is 13.0. The van der Waals surface area contributed by atoms with Gasteiger partial charge in [0.25, 0.3) is 0 Å². The summed E-state index contributed by atoms with van der Waals surface area (Å²) in [7, 11) is 0. The Morgan fingerprint density at radius 2 is 0.452 bits per heavy atom. The highest BCUT2D eigenvalue weighted by molar-refractivity contribution is 6.14. The second-order valence-electron chi connectivity index (χ2n) is 23.5. The molecule has 0 amide bonds. The third-order valence-electron chi connectivity index (χ3n) is 16.9. The molecule has 0 aliphatic carbocycles. The fourth-order valence-corrected chi connectivity index (χ4v) is 12.3. The van der Waals surface area contributed by atoms with Crippen molar-refractivity contribution in [1.82, 2.24) is 9.13 Å². The Morgan fingerprint density at radius 3 is 0.654 bits per heavy atom. The first kappa shape index (κ1) is 73.0. The van der Waals surface area contributed by atoms with Crippen LogP contribution in [0.15, 0.2) is 176 Å². The van der Waals surface area contributed by atoms with Crippen LogP contribution >= 0.6 is 0 Å². The standard InChI is InChI=1S/C71H29F30N3/c72-62(73,74)40-12-35(13-41(25-40)63(75,76)77)31-4-8-48-49-9-5-32(36-14-42(64(78,79)80)26-43(15-36)65(81,82)83)21-56(49)103(55(48)20-31)59-24-39(30-102)52(61-53(70(96,97)98)2-1-3-54(61)71(99,100)101)29-60(59)104-57-22-33(37-16-44(66(84,85)86)27-45(17-37)67(87,88)89)6-10-50(57)51-11-7-34(23-58(51)104)38-18-46(68(90,91)92)28-47(19-38)69(93,94)95/h1-29H. The Morgan fingerprint density at radius 1 is 0.231 bits per heavy atom. The molecule has 0 bridgehead atoms. The Kier molecular flexibility index (Phi) is 16.9. The Labute approximate surface area is 560 Å². The molecule has 538 valence electrons. The normalized spacial score (nSPS) is 13.5. The van der Waals surface area contributed by atoms with Gasteiger partial charge in [0.2, 0.25) is 0 Å². The van der Waals surface area contributed by atoms with Crippen molar-refractivity contribution in [3.63, 3.8) is 0 Å². The molecule has 12 aromatic rings. The molecule has 0 fully saturated rings. The van der Waals surface area contributed by atoms with Crippen LogP contribution in [0.2, 0.25) is 0 Å². The van der Waals surface area contributed by atoms with E-state index >= 15 is 26.3 Å². The lowest BCUT2D eigenvalue weighted by atomic mass is 9.89. The molecule has 0 spiro atoms. The predicted molar refractivity (Wildman–Crippen MR) is 317 cm³/mol. The molecule has 2 heterocycles. The van der Waals surface area contributed by atoms with Gasteiger partial charge in [-0.3, -0.25) is 0 Å². The summed E-state index contributed by atoms with van der Waals surface area (Å²) >= 11 is 0. The summed E-state index contributed by atoms with van der Waals surface area (Å²) in [6.45, 7) is 0. The molecule has 3 nitrogen and oxygen atoms in total. The van der Waals surface area contributed by atoms with E-state index in [0.29, 0.717) is 16.7 Å². The molecular weight excluding hydrogens is 1460 g/mol. The van der Waals surface area contributed by atoms with Crippen LogP contribution in [0.1, 0.15) is 61.2 Å². The highest BCUT2D eigenvalue weighted by Crippen LogP contribution is 2.52. The second-order valence-corrected chi connectivity index (χ2v) is 23.5. The Bertz CT molecular complexity index is 5110. The van der Waals surface area contributed by atoms with Gasteiger partial charge in [-0.25, -0.2) is 0 Å². The fourth-order valence-electron chi connectivity index (χ4n) is 12.3. The fraction of sp³-hybridized carbons (Fsp3) is 0.141. The van der Waals surface area contributed by atoms with Crippen molar-refractivity contribution in [1.29, 1.82) is 5.26 Å². The van der Waals surface area contributed by atoms with Gasteiger partial charge in [0.1, 0.15) is 0 Å². The third kappa shape index (κ3) is 13.6. The van der Waals surface area contributed by atoms with E-state index in [9.17, 15) is 111 Å². The van der Waals surface area contributed by atoms with Crippen LogP contribution < -0.4 is 0 Å². The van der Waals surface area contributed by atoms with Crippen LogP contribution in [-0.2, 0) is 61.8 Å². The first-order valence-corrected chi connectivity index (χ1v) is 29.0. The van der Waals surface area contributed by atoms with Crippen molar-refractivity contribution in [3.8, 4) is 73.1 Å². The maximum atomic E-state index is 15.5. The molecule has 0 radical (unpaired) electrons. The number of fused-ring (bicyclic) bond motifs is 6. The van der Waals surface area contributed by atoms with Gasteiger partial charge in [0.05, 0.1) is 101 Å². The smallest absolute Gasteiger partial charge is 0.307 e. The van der Waals surface area contributed by atoms with Crippen LogP contribution in [-0.4, -0.2) is 9.13 Å². The summed E-state index contributed by atoms with van der Waals surface area (Å²) in [6.07, 6.45) is -56.5. The zero-order valence-corrected chi connectivity index (χ0v) is 50.4. The van der Waals surface area contributed by atoms with E-state index in [4.69, 9.17) is 0 Å². The topological polar surface area (TPSA) is 33.6 Å². The number of benzene rings is 10. The molecule has 104 heavy (non-hydrogen) atoms. The number of nitriles is 1. The quantitative estimate of drug-likeness (QED) is 0.146. The molecule has 0 unspecified atom stereocenters. The minimum Gasteiger partial charge on any atom is -0.307 e. The molecule has 12 rings (SSSR count). The van der Waals surface area contributed by atoms with Gasteiger partial charge >= 0.3 is 61.8 Å². The van der Waals surface area contributed by atoms with E-state index in [1.165, 1.54) is 6.07 Å². The zero-order chi connectivity index (χ0) is 76.3. The van der Waals surface area contributed by atoms with Crippen LogP contribution in [0.5, 0.6) is 0 Å². The van der Waals surface area contributed by atoms with Crippen LogP contribution in [0.3, 0.4) is 0 Å². The molecule has 33 heteroatoms. The molecule has 0 saturated heterocycles. The average molecular weight is 1490 g/mol. The van der Waals surface area contributed by atoms with Gasteiger partial charge in [-0.1, -0.05) is 54.6 Å². The number of aromatic nitrogens is 2. The van der Waals surface area contributed by atoms with Crippen molar-refractivity contribution in [2.24, 2.45) is 0 Å². The lowest BCUT2D eigenvalue weighted by molar-refractivity contribution is -0.144. The molecule has 2 aromatic heterocycles. The van der Waals surface area contributed by atoms with Crippen LogP contribution in [0.4, 0.5) is 132 Å². The van der Waals surface area contributed by atoms with Crippen LogP contribution in [0, 0.1) is 11.3 Å². The van der Waals surface area contributed by atoms with Gasteiger partial charge < -0.3 is 9.13 Å². The van der Waals surface area contributed by atoms with Gasteiger partial charge in [0, 0.05) is 32.7 Å². The number of nitrogens with zero attached hydrogens (tertiary/aromatic N) is 3. The molecule has 0 saturated carbocycles. The molecule has 10 aromatic carbocycles.